The van der Waals surface area contributed by atoms with Gasteiger partial charge < -0.3 is 24.4 Å². The summed E-state index contributed by atoms with van der Waals surface area (Å²) in [6, 6.07) is 12.5. The topological polar surface area (TPSA) is 116 Å². The fraction of sp³-hybridized carbons (Fsp3) is 0.148. The van der Waals surface area contributed by atoms with E-state index in [9.17, 15) is 4.79 Å². The highest BCUT2D eigenvalue weighted by atomic mass is 35.5. The van der Waals surface area contributed by atoms with Gasteiger partial charge in [-0.15, -0.1) is 0 Å². The largest absolute Gasteiger partial charge is 0.493 e. The van der Waals surface area contributed by atoms with Gasteiger partial charge in [0.15, 0.2) is 17.1 Å². The number of benzene rings is 2. The van der Waals surface area contributed by atoms with Crippen molar-refractivity contribution < 1.29 is 19.0 Å². The molecule has 0 aliphatic carbocycles. The van der Waals surface area contributed by atoms with E-state index in [0.717, 1.165) is 5.39 Å². The van der Waals surface area contributed by atoms with Crippen molar-refractivity contribution in [3.63, 3.8) is 0 Å². The first-order valence-corrected chi connectivity index (χ1v) is 12.3. The van der Waals surface area contributed by atoms with Crippen LogP contribution in [-0.4, -0.2) is 61.7 Å². The fourth-order valence-electron chi connectivity index (χ4n) is 4.20. The lowest BCUT2D eigenvalue weighted by Crippen LogP contribution is -2.55. The summed E-state index contributed by atoms with van der Waals surface area (Å²) in [6.45, 7) is 4.47. The van der Waals surface area contributed by atoms with Crippen molar-refractivity contribution in [1.82, 2.24) is 29.5 Å². The number of rotatable bonds is 8. The van der Waals surface area contributed by atoms with Crippen LogP contribution in [-0.2, 0) is 4.79 Å². The molecule has 3 aromatic heterocycles. The first-order chi connectivity index (χ1) is 19.0. The predicted molar refractivity (Wildman–Crippen MR) is 145 cm³/mol. The fourth-order valence-corrected chi connectivity index (χ4v) is 4.42. The number of ether oxygens (including phenoxy) is 3. The summed E-state index contributed by atoms with van der Waals surface area (Å²) in [6.07, 6.45) is 5.84. The van der Waals surface area contributed by atoms with Crippen molar-refractivity contribution in [3.8, 4) is 23.0 Å². The molecular formula is C27H22ClN7O4. The molecule has 1 saturated heterocycles. The van der Waals surface area contributed by atoms with Crippen LogP contribution in [0.5, 0.6) is 23.0 Å². The number of carbonyl (C=O) groups is 1. The molecule has 4 heterocycles. The summed E-state index contributed by atoms with van der Waals surface area (Å²) in [4.78, 5) is 26.4. The Balaban J connectivity index is 1.22. The first-order valence-electron chi connectivity index (χ1n) is 12.0. The zero-order chi connectivity index (χ0) is 26.9. The second kappa shape index (κ2) is 10.1. The van der Waals surface area contributed by atoms with Gasteiger partial charge >= 0.3 is 0 Å². The van der Waals surface area contributed by atoms with Gasteiger partial charge in [-0.05, 0) is 36.4 Å². The van der Waals surface area contributed by atoms with Crippen LogP contribution in [0, 0.1) is 0 Å². The number of nitrogens with one attached hydrogen (secondary N) is 1. The number of aromatic nitrogens is 5. The van der Waals surface area contributed by atoms with Crippen molar-refractivity contribution >= 4 is 45.6 Å². The molecule has 6 rings (SSSR count). The summed E-state index contributed by atoms with van der Waals surface area (Å²) in [5, 5.41) is 8.52. The number of anilines is 2. The zero-order valence-electron chi connectivity index (χ0n) is 20.7. The number of halogens is 1. The van der Waals surface area contributed by atoms with E-state index < -0.39 is 0 Å². The average Bonchev–Trinajstić information content (AvgIpc) is 3.39. The molecular weight excluding hydrogens is 522 g/mol. The summed E-state index contributed by atoms with van der Waals surface area (Å²) >= 11 is 6.55. The molecule has 5 aromatic rings. The van der Waals surface area contributed by atoms with E-state index >= 15 is 0 Å². The molecule has 1 N–H and O–H groups in total. The number of hydrogen-bond acceptors (Lipinski definition) is 9. The Morgan fingerprint density at radius 1 is 1.08 bits per heavy atom. The van der Waals surface area contributed by atoms with Gasteiger partial charge in [-0.25, -0.2) is 19.5 Å². The number of methoxy groups -OCH3 is 1. The van der Waals surface area contributed by atoms with Crippen LogP contribution in [0.2, 0.25) is 5.02 Å². The Labute approximate surface area is 227 Å². The molecule has 2 aromatic carbocycles. The lowest BCUT2D eigenvalue weighted by molar-refractivity contribution is -0.134. The Morgan fingerprint density at radius 2 is 1.95 bits per heavy atom. The van der Waals surface area contributed by atoms with Crippen LogP contribution >= 0.6 is 11.6 Å². The maximum Gasteiger partial charge on any atom is 0.246 e. The molecule has 1 fully saturated rings. The Morgan fingerprint density at radius 3 is 2.74 bits per heavy atom. The van der Waals surface area contributed by atoms with Crippen LogP contribution in [0.1, 0.15) is 0 Å². The summed E-state index contributed by atoms with van der Waals surface area (Å²) in [5.41, 5.74) is 2.04. The molecule has 39 heavy (non-hydrogen) atoms. The van der Waals surface area contributed by atoms with E-state index in [1.807, 2.05) is 12.1 Å². The standard InChI is InChI=1S/C27H22ClN7O4/c1-3-26(36)34-12-18(13-34)39-24-10-19-21(11-23(24)37-2)29-14-31-27(19)33-16-4-5-22(20(28)8-16)38-17-6-7-35-25(9-17)30-15-32-35/h3-11,14-15,18H,1,12-13H2,2H3,(H,29,31,33). The SMILES string of the molecule is C=CC(=O)N1CC(Oc2cc3c(Nc4ccc(Oc5ccn6ncnc6c5)c(Cl)c4)ncnc3cc2OC)C1. The third-order valence-electron chi connectivity index (χ3n) is 6.22. The second-order valence-corrected chi connectivity index (χ2v) is 9.13. The molecule has 0 radical (unpaired) electrons. The van der Waals surface area contributed by atoms with Crippen molar-refractivity contribution in [1.29, 1.82) is 0 Å². The van der Waals surface area contributed by atoms with E-state index in [4.69, 9.17) is 25.8 Å². The Kier molecular flexibility index (Phi) is 6.33. The summed E-state index contributed by atoms with van der Waals surface area (Å²) in [7, 11) is 1.57. The number of fused-ring (bicyclic) bond motifs is 2. The molecule has 0 spiro atoms. The Hall–Kier alpha value is -4.90. The lowest BCUT2D eigenvalue weighted by atomic mass is 10.1. The van der Waals surface area contributed by atoms with Crippen LogP contribution in [0.15, 0.2) is 74.0 Å². The van der Waals surface area contributed by atoms with Gasteiger partial charge in [0.2, 0.25) is 5.91 Å². The number of carbonyl (C=O) groups excluding carboxylic acids is 1. The van der Waals surface area contributed by atoms with Crippen LogP contribution in [0.4, 0.5) is 11.5 Å². The highest BCUT2D eigenvalue weighted by molar-refractivity contribution is 6.32. The minimum absolute atomic E-state index is 0.119. The van der Waals surface area contributed by atoms with Gasteiger partial charge in [0.05, 0.1) is 30.7 Å². The van der Waals surface area contributed by atoms with Gasteiger partial charge in [0.1, 0.15) is 36.1 Å². The van der Waals surface area contributed by atoms with Crippen molar-refractivity contribution in [2.45, 2.75) is 6.10 Å². The average molecular weight is 544 g/mol. The molecule has 1 aliphatic heterocycles. The number of pyridine rings is 1. The highest BCUT2D eigenvalue weighted by Crippen LogP contribution is 2.37. The molecule has 0 atom stereocenters. The molecule has 12 heteroatoms. The minimum Gasteiger partial charge on any atom is -0.493 e. The van der Waals surface area contributed by atoms with Crippen LogP contribution < -0.4 is 19.5 Å². The highest BCUT2D eigenvalue weighted by Gasteiger charge is 2.31. The third kappa shape index (κ3) is 4.87. The first kappa shape index (κ1) is 24.4. The number of nitrogens with zero attached hydrogens (tertiary/aromatic N) is 6. The minimum atomic E-state index is -0.155. The van der Waals surface area contributed by atoms with Gasteiger partial charge in [-0.1, -0.05) is 18.2 Å². The quantitative estimate of drug-likeness (QED) is 0.279. The van der Waals surface area contributed by atoms with E-state index in [2.05, 4.69) is 31.9 Å². The predicted octanol–water partition coefficient (Wildman–Crippen LogP) is 4.65. The molecule has 0 unspecified atom stereocenters. The Bertz CT molecular complexity index is 1720. The number of amides is 1. The maximum absolute atomic E-state index is 11.8. The third-order valence-corrected chi connectivity index (χ3v) is 6.52. The number of hydrogen-bond donors (Lipinski definition) is 1. The molecule has 1 amide bonds. The van der Waals surface area contributed by atoms with Crippen LogP contribution in [0.25, 0.3) is 16.6 Å². The smallest absolute Gasteiger partial charge is 0.246 e. The van der Waals surface area contributed by atoms with E-state index in [1.54, 1.807) is 53.1 Å². The van der Waals surface area contributed by atoms with Gasteiger partial charge in [-0.3, -0.25) is 4.79 Å². The molecule has 1 aliphatic rings. The summed E-state index contributed by atoms with van der Waals surface area (Å²) in [5.74, 6) is 2.59. The number of likely N-dealkylation sites (tertiary alicyclic amines) is 1. The monoisotopic (exact) mass is 543 g/mol. The summed E-state index contributed by atoms with van der Waals surface area (Å²) < 4.78 is 19.3. The molecule has 0 saturated carbocycles. The van der Waals surface area contributed by atoms with E-state index in [0.29, 0.717) is 63.8 Å². The molecule has 0 bridgehead atoms. The van der Waals surface area contributed by atoms with Gasteiger partial charge in [0.25, 0.3) is 0 Å². The second-order valence-electron chi connectivity index (χ2n) is 8.73. The van der Waals surface area contributed by atoms with Crippen molar-refractivity contribution in [2.24, 2.45) is 0 Å². The van der Waals surface area contributed by atoms with E-state index in [1.165, 1.54) is 18.7 Å². The van der Waals surface area contributed by atoms with Crippen molar-refractivity contribution in [3.05, 3.63) is 79.0 Å². The van der Waals surface area contributed by atoms with Gasteiger partial charge in [-0.2, -0.15) is 5.10 Å². The zero-order valence-corrected chi connectivity index (χ0v) is 21.5. The van der Waals surface area contributed by atoms with Crippen LogP contribution in [0.3, 0.4) is 0 Å². The molecule has 11 nitrogen and oxygen atoms in total. The molecule has 196 valence electrons. The van der Waals surface area contributed by atoms with E-state index in [-0.39, 0.29) is 12.0 Å². The lowest BCUT2D eigenvalue weighted by Gasteiger charge is -2.38. The van der Waals surface area contributed by atoms with Crippen molar-refractivity contribution in [2.75, 3.05) is 25.5 Å². The maximum atomic E-state index is 11.8. The normalized spacial score (nSPS) is 13.2. The van der Waals surface area contributed by atoms with Gasteiger partial charge in [0, 0.05) is 29.4 Å².